The minimum atomic E-state index is -0.775. The van der Waals surface area contributed by atoms with Gasteiger partial charge in [-0.3, -0.25) is 9.78 Å². The summed E-state index contributed by atoms with van der Waals surface area (Å²) < 4.78 is 5.11. The number of Topliss-reactive ketones (excluding diaryl/α,β-unsaturated/α-hetero) is 1. The Morgan fingerprint density at radius 3 is 2.89 bits per heavy atom. The van der Waals surface area contributed by atoms with Gasteiger partial charge in [-0.05, 0) is 37.3 Å². The number of amides is 1. The molecule has 5 nitrogen and oxygen atoms in total. The van der Waals surface area contributed by atoms with Crippen LogP contribution in [0.25, 0.3) is 0 Å². The second kappa shape index (κ2) is 5.16. The number of pyridine rings is 1. The zero-order valence-electron chi connectivity index (χ0n) is 10.3. The van der Waals surface area contributed by atoms with E-state index in [4.69, 9.17) is 10.5 Å². The molecule has 0 radical (unpaired) electrons. The standard InChI is InChI=1S/C13H16N2O3/c1-8(16)11-6-9-4-2-3-5-12(18-13(14)17)10(9)7-15-11/h6-7,12H,2-5H2,1H3,(H2,14,17). The van der Waals surface area contributed by atoms with Gasteiger partial charge in [0.05, 0.1) is 0 Å². The number of nitrogens with zero attached hydrogens (tertiary/aromatic N) is 1. The fourth-order valence-electron chi connectivity index (χ4n) is 2.27. The minimum absolute atomic E-state index is 0.0607. The van der Waals surface area contributed by atoms with E-state index in [1.54, 1.807) is 12.3 Å². The Kier molecular flexibility index (Phi) is 3.60. The number of aryl methyl sites for hydroxylation is 1. The summed E-state index contributed by atoms with van der Waals surface area (Å²) in [4.78, 5) is 26.3. The Morgan fingerprint density at radius 2 is 2.22 bits per heavy atom. The third kappa shape index (κ3) is 2.67. The van der Waals surface area contributed by atoms with E-state index in [-0.39, 0.29) is 11.9 Å². The molecular weight excluding hydrogens is 232 g/mol. The van der Waals surface area contributed by atoms with E-state index < -0.39 is 6.09 Å². The van der Waals surface area contributed by atoms with Crippen molar-refractivity contribution in [3.63, 3.8) is 0 Å². The molecule has 0 fully saturated rings. The molecule has 1 aromatic rings. The third-order valence-corrected chi connectivity index (χ3v) is 3.15. The Balaban J connectivity index is 2.36. The zero-order chi connectivity index (χ0) is 13.1. The molecule has 1 amide bonds. The van der Waals surface area contributed by atoms with Crippen molar-refractivity contribution in [2.45, 2.75) is 38.7 Å². The Hall–Kier alpha value is -1.91. The summed E-state index contributed by atoms with van der Waals surface area (Å²) in [6.07, 6.45) is 4.10. The second-order valence-electron chi connectivity index (χ2n) is 4.50. The molecule has 1 unspecified atom stereocenters. The summed E-state index contributed by atoms with van der Waals surface area (Å²) in [6.45, 7) is 1.49. The van der Waals surface area contributed by atoms with Gasteiger partial charge in [-0.2, -0.15) is 0 Å². The molecule has 1 heterocycles. The van der Waals surface area contributed by atoms with Crippen molar-refractivity contribution in [3.05, 3.63) is 29.1 Å². The van der Waals surface area contributed by atoms with Gasteiger partial charge in [0, 0.05) is 18.7 Å². The number of carbonyl (C=O) groups is 2. The average molecular weight is 248 g/mol. The average Bonchev–Trinajstić information content (AvgIpc) is 2.50. The van der Waals surface area contributed by atoms with Crippen LogP contribution < -0.4 is 5.73 Å². The van der Waals surface area contributed by atoms with Crippen molar-refractivity contribution in [2.75, 3.05) is 0 Å². The van der Waals surface area contributed by atoms with E-state index in [0.717, 1.165) is 36.8 Å². The van der Waals surface area contributed by atoms with Gasteiger partial charge in [0.25, 0.3) is 0 Å². The minimum Gasteiger partial charge on any atom is -0.441 e. The van der Waals surface area contributed by atoms with Crippen molar-refractivity contribution >= 4 is 11.9 Å². The molecular formula is C13H16N2O3. The topological polar surface area (TPSA) is 82.3 Å². The molecule has 0 aromatic carbocycles. The Labute approximate surface area is 105 Å². The number of aromatic nitrogens is 1. The van der Waals surface area contributed by atoms with Gasteiger partial charge in [-0.1, -0.05) is 0 Å². The van der Waals surface area contributed by atoms with E-state index in [1.807, 2.05) is 0 Å². The summed E-state index contributed by atoms with van der Waals surface area (Å²) in [5.74, 6) is -0.0607. The molecule has 2 rings (SSSR count). The van der Waals surface area contributed by atoms with Crippen molar-refractivity contribution < 1.29 is 14.3 Å². The number of ketones is 1. The maximum Gasteiger partial charge on any atom is 0.405 e. The van der Waals surface area contributed by atoms with Crippen LogP contribution in [-0.2, 0) is 11.2 Å². The molecule has 1 aliphatic rings. The maximum atomic E-state index is 11.3. The second-order valence-corrected chi connectivity index (χ2v) is 4.50. The monoisotopic (exact) mass is 248 g/mol. The first kappa shape index (κ1) is 12.5. The number of hydrogen-bond donors (Lipinski definition) is 1. The first-order chi connectivity index (χ1) is 8.58. The summed E-state index contributed by atoms with van der Waals surface area (Å²) in [5, 5.41) is 0. The first-order valence-electron chi connectivity index (χ1n) is 6.04. The first-order valence-corrected chi connectivity index (χ1v) is 6.04. The Bertz CT molecular complexity index is 485. The van der Waals surface area contributed by atoms with Crippen LogP contribution in [0.1, 0.15) is 53.9 Å². The van der Waals surface area contributed by atoms with Crippen LogP contribution in [0, 0.1) is 0 Å². The van der Waals surface area contributed by atoms with Gasteiger partial charge < -0.3 is 10.5 Å². The predicted octanol–water partition coefficient (Wildman–Crippen LogP) is 2.15. The highest BCUT2D eigenvalue weighted by atomic mass is 16.6. The fraction of sp³-hybridized carbons (Fsp3) is 0.462. The molecule has 0 bridgehead atoms. The van der Waals surface area contributed by atoms with Gasteiger partial charge in [0.15, 0.2) is 5.78 Å². The third-order valence-electron chi connectivity index (χ3n) is 3.15. The quantitative estimate of drug-likeness (QED) is 0.642. The van der Waals surface area contributed by atoms with Crippen LogP contribution in [0.3, 0.4) is 0 Å². The normalized spacial score (nSPS) is 18.6. The van der Waals surface area contributed by atoms with E-state index in [2.05, 4.69) is 4.98 Å². The lowest BCUT2D eigenvalue weighted by atomic mass is 10.0. The Morgan fingerprint density at radius 1 is 1.44 bits per heavy atom. The van der Waals surface area contributed by atoms with Crippen LogP contribution >= 0.6 is 0 Å². The summed E-state index contributed by atoms with van der Waals surface area (Å²) in [5.41, 5.74) is 7.42. The van der Waals surface area contributed by atoms with E-state index in [9.17, 15) is 9.59 Å². The highest BCUT2D eigenvalue weighted by molar-refractivity contribution is 5.92. The maximum absolute atomic E-state index is 11.3. The number of ether oxygens (including phenoxy) is 1. The number of hydrogen-bond acceptors (Lipinski definition) is 4. The number of carbonyl (C=O) groups excluding carboxylic acids is 2. The molecule has 96 valence electrons. The lowest BCUT2D eigenvalue weighted by Crippen LogP contribution is -2.18. The molecule has 2 N–H and O–H groups in total. The molecule has 0 saturated heterocycles. The van der Waals surface area contributed by atoms with Crippen LogP contribution in [0.4, 0.5) is 4.79 Å². The van der Waals surface area contributed by atoms with Gasteiger partial charge >= 0.3 is 6.09 Å². The smallest absolute Gasteiger partial charge is 0.405 e. The molecule has 1 aromatic heterocycles. The van der Waals surface area contributed by atoms with Crippen LogP contribution in [0.2, 0.25) is 0 Å². The van der Waals surface area contributed by atoms with Crippen LogP contribution in [0.15, 0.2) is 12.3 Å². The number of primary amides is 1. The molecule has 18 heavy (non-hydrogen) atoms. The molecule has 0 saturated carbocycles. The molecule has 0 aliphatic heterocycles. The number of fused-ring (bicyclic) bond motifs is 1. The van der Waals surface area contributed by atoms with E-state index >= 15 is 0 Å². The van der Waals surface area contributed by atoms with Gasteiger partial charge in [0.1, 0.15) is 11.8 Å². The largest absolute Gasteiger partial charge is 0.441 e. The van der Waals surface area contributed by atoms with Gasteiger partial charge in [0.2, 0.25) is 0 Å². The van der Waals surface area contributed by atoms with Crippen LogP contribution in [-0.4, -0.2) is 16.9 Å². The molecule has 1 aliphatic carbocycles. The lowest BCUT2D eigenvalue weighted by molar-refractivity contribution is 0.0989. The van der Waals surface area contributed by atoms with Crippen molar-refractivity contribution in [1.29, 1.82) is 0 Å². The molecule has 0 spiro atoms. The zero-order valence-corrected chi connectivity index (χ0v) is 10.3. The van der Waals surface area contributed by atoms with Crippen molar-refractivity contribution in [3.8, 4) is 0 Å². The van der Waals surface area contributed by atoms with Gasteiger partial charge in [-0.15, -0.1) is 0 Å². The summed E-state index contributed by atoms with van der Waals surface area (Å²) >= 11 is 0. The predicted molar refractivity (Wildman–Crippen MR) is 65.2 cm³/mol. The highest BCUT2D eigenvalue weighted by Gasteiger charge is 2.22. The highest BCUT2D eigenvalue weighted by Crippen LogP contribution is 2.31. The number of rotatable bonds is 2. The summed E-state index contributed by atoms with van der Waals surface area (Å²) in [7, 11) is 0. The molecule has 5 heteroatoms. The van der Waals surface area contributed by atoms with Crippen molar-refractivity contribution in [1.82, 2.24) is 4.98 Å². The SMILES string of the molecule is CC(=O)c1cc2c(cn1)C(OC(N)=O)CCCC2. The van der Waals surface area contributed by atoms with E-state index in [1.165, 1.54) is 6.92 Å². The lowest BCUT2D eigenvalue weighted by Gasteiger charge is -2.17. The summed E-state index contributed by atoms with van der Waals surface area (Å²) in [6, 6.07) is 1.79. The van der Waals surface area contributed by atoms with Crippen LogP contribution in [0.5, 0.6) is 0 Å². The fourth-order valence-corrected chi connectivity index (χ4v) is 2.27. The molecule has 1 atom stereocenters. The van der Waals surface area contributed by atoms with Gasteiger partial charge in [-0.25, -0.2) is 4.79 Å². The van der Waals surface area contributed by atoms with E-state index in [0.29, 0.717) is 5.69 Å². The number of nitrogens with two attached hydrogens (primary N) is 1. The van der Waals surface area contributed by atoms with Crippen molar-refractivity contribution in [2.24, 2.45) is 5.73 Å².